The Hall–Kier alpha value is -0.930. The van der Waals surface area contributed by atoms with E-state index >= 15 is 0 Å². The zero-order valence-electron chi connectivity index (χ0n) is 10.6. The first-order chi connectivity index (χ1) is 9.16. The van der Waals surface area contributed by atoms with E-state index in [-0.39, 0.29) is 11.8 Å². The molecule has 1 heterocycles. The van der Waals surface area contributed by atoms with Crippen LogP contribution >= 0.6 is 11.6 Å². The minimum atomic E-state index is -4.62. The molecule has 0 aromatic carbocycles. The Balaban J connectivity index is 3.06. The molecule has 0 spiro atoms. The molecule has 0 saturated carbocycles. The van der Waals surface area contributed by atoms with E-state index in [4.69, 9.17) is 11.6 Å². The van der Waals surface area contributed by atoms with Crippen LogP contribution in [0.15, 0.2) is 17.3 Å². The zero-order chi connectivity index (χ0) is 15.4. The largest absolute Gasteiger partial charge is 0.402 e. The predicted octanol–water partition coefficient (Wildman–Crippen LogP) is 2.48. The number of hydrogen-bond acceptors (Lipinski definition) is 4. The van der Waals surface area contributed by atoms with Gasteiger partial charge in [0.15, 0.2) is 0 Å². The topological polar surface area (TPSA) is 63.2 Å². The molecule has 0 aliphatic heterocycles. The van der Waals surface area contributed by atoms with E-state index in [2.05, 4.69) is 9.97 Å². The summed E-state index contributed by atoms with van der Waals surface area (Å²) in [5.74, 6) is 0. The quantitative estimate of drug-likeness (QED) is 0.751. The second kappa shape index (κ2) is 6.68. The van der Waals surface area contributed by atoms with Gasteiger partial charge in [0.05, 0.1) is 12.4 Å². The van der Waals surface area contributed by atoms with Gasteiger partial charge in [0.1, 0.15) is 11.4 Å². The van der Waals surface area contributed by atoms with Gasteiger partial charge in [-0.2, -0.15) is 17.5 Å². The lowest BCUT2D eigenvalue weighted by Crippen LogP contribution is -2.39. The lowest BCUT2D eigenvalue weighted by molar-refractivity contribution is -0.136. The maximum atomic E-state index is 12.5. The van der Waals surface area contributed by atoms with Gasteiger partial charge in [-0.15, -0.1) is 0 Å². The van der Waals surface area contributed by atoms with E-state index in [9.17, 15) is 21.6 Å². The van der Waals surface area contributed by atoms with Crippen molar-refractivity contribution >= 4 is 21.6 Å². The van der Waals surface area contributed by atoms with Gasteiger partial charge in [-0.3, -0.25) is 0 Å². The van der Waals surface area contributed by atoms with Crippen LogP contribution in [0.25, 0.3) is 0 Å². The highest BCUT2D eigenvalue weighted by Crippen LogP contribution is 2.22. The Kier molecular flexibility index (Phi) is 5.72. The van der Waals surface area contributed by atoms with Gasteiger partial charge in [0.2, 0.25) is 15.3 Å². The summed E-state index contributed by atoms with van der Waals surface area (Å²) >= 11 is 5.42. The Morgan fingerprint density at radius 3 is 2.30 bits per heavy atom. The molecule has 0 saturated heterocycles. The molecule has 0 bridgehead atoms. The predicted molar refractivity (Wildman–Crippen MR) is 66.8 cm³/mol. The summed E-state index contributed by atoms with van der Waals surface area (Å²) < 4.78 is 62.1. The van der Waals surface area contributed by atoms with Crippen molar-refractivity contribution in [2.24, 2.45) is 0 Å². The maximum Gasteiger partial charge on any atom is 0.402 e. The highest BCUT2D eigenvalue weighted by molar-refractivity contribution is 7.89. The average Bonchev–Trinajstić information content (AvgIpc) is 2.33. The summed E-state index contributed by atoms with van der Waals surface area (Å²) in [5.41, 5.74) is 0. The fourth-order valence-corrected chi connectivity index (χ4v) is 2.85. The van der Waals surface area contributed by atoms with E-state index in [0.29, 0.717) is 17.1 Å². The van der Waals surface area contributed by atoms with Crippen LogP contribution in [0.4, 0.5) is 13.2 Å². The summed E-state index contributed by atoms with van der Waals surface area (Å²) in [6.07, 6.45) is -1.95. The molecule has 1 aromatic heterocycles. The fraction of sp³-hybridized carbons (Fsp3) is 0.600. The second-order valence-corrected chi connectivity index (χ2v) is 6.27. The number of unbranched alkanes of at least 4 members (excludes halogenated alkanes) is 1. The summed E-state index contributed by atoms with van der Waals surface area (Å²) in [6, 6.07) is 0. The highest BCUT2D eigenvalue weighted by atomic mass is 35.5. The average molecular weight is 332 g/mol. The standard InChI is InChI=1S/C10H13ClF3N3O2S/c1-2-3-4-17(7-10(12,13)14)20(18,19)8-5-15-9(11)16-6-8/h5-6H,2-4,7H2,1H3. The molecule has 5 nitrogen and oxygen atoms in total. The molecule has 0 N–H and O–H groups in total. The minimum Gasteiger partial charge on any atom is -0.225 e. The van der Waals surface area contributed by atoms with E-state index in [0.717, 1.165) is 12.4 Å². The number of alkyl halides is 3. The van der Waals surface area contributed by atoms with E-state index in [1.165, 1.54) is 0 Å². The molecule has 10 heteroatoms. The molecular weight excluding hydrogens is 319 g/mol. The van der Waals surface area contributed by atoms with Gasteiger partial charge in [-0.05, 0) is 18.0 Å². The van der Waals surface area contributed by atoms with Crippen LogP contribution in [0.1, 0.15) is 19.8 Å². The van der Waals surface area contributed by atoms with Crippen molar-refractivity contribution in [3.05, 3.63) is 17.7 Å². The van der Waals surface area contributed by atoms with Crippen LogP contribution in [0.5, 0.6) is 0 Å². The molecule has 0 unspecified atom stereocenters. The number of hydrogen-bond donors (Lipinski definition) is 0. The second-order valence-electron chi connectivity index (χ2n) is 4.00. The summed E-state index contributed by atoms with van der Waals surface area (Å²) in [7, 11) is -4.29. The normalized spacial score (nSPS) is 12.9. The molecule has 20 heavy (non-hydrogen) atoms. The Labute approximate surface area is 119 Å². The van der Waals surface area contributed by atoms with Crippen molar-refractivity contribution in [2.75, 3.05) is 13.1 Å². The van der Waals surface area contributed by atoms with Crippen molar-refractivity contribution in [3.8, 4) is 0 Å². The summed E-state index contributed by atoms with van der Waals surface area (Å²) in [6.45, 7) is -0.0112. The van der Waals surface area contributed by atoms with E-state index < -0.39 is 27.6 Å². The van der Waals surface area contributed by atoms with Crippen LogP contribution in [-0.4, -0.2) is 42.0 Å². The molecule has 0 radical (unpaired) electrons. The fourth-order valence-electron chi connectivity index (χ4n) is 1.40. The van der Waals surface area contributed by atoms with Crippen molar-refractivity contribution in [3.63, 3.8) is 0 Å². The van der Waals surface area contributed by atoms with Gasteiger partial charge in [0.25, 0.3) is 0 Å². The minimum absolute atomic E-state index is 0.181. The van der Waals surface area contributed by atoms with Crippen LogP contribution < -0.4 is 0 Å². The number of halogens is 4. The van der Waals surface area contributed by atoms with Crippen LogP contribution in [-0.2, 0) is 10.0 Å². The van der Waals surface area contributed by atoms with Gasteiger partial charge < -0.3 is 0 Å². The summed E-state index contributed by atoms with van der Waals surface area (Å²) in [5, 5.41) is -0.181. The molecule has 0 atom stereocenters. The van der Waals surface area contributed by atoms with E-state index in [1.54, 1.807) is 6.92 Å². The highest BCUT2D eigenvalue weighted by Gasteiger charge is 2.36. The van der Waals surface area contributed by atoms with Crippen molar-refractivity contribution in [1.82, 2.24) is 14.3 Å². The van der Waals surface area contributed by atoms with Crippen molar-refractivity contribution < 1.29 is 21.6 Å². The molecule has 0 aliphatic carbocycles. The molecule has 1 aromatic rings. The summed E-state index contributed by atoms with van der Waals surface area (Å²) in [4.78, 5) is 6.53. The molecule has 0 aliphatic rings. The first-order valence-corrected chi connectivity index (χ1v) is 7.53. The first-order valence-electron chi connectivity index (χ1n) is 5.71. The van der Waals surface area contributed by atoms with Gasteiger partial charge in [0, 0.05) is 6.54 Å². The lowest BCUT2D eigenvalue weighted by Gasteiger charge is -2.22. The number of rotatable bonds is 6. The van der Waals surface area contributed by atoms with Crippen molar-refractivity contribution in [1.29, 1.82) is 0 Å². The third-order valence-corrected chi connectivity index (χ3v) is 4.34. The van der Waals surface area contributed by atoms with Crippen LogP contribution in [0, 0.1) is 0 Å². The third kappa shape index (κ3) is 4.88. The third-order valence-electron chi connectivity index (χ3n) is 2.35. The van der Waals surface area contributed by atoms with E-state index in [1.807, 2.05) is 0 Å². The zero-order valence-corrected chi connectivity index (χ0v) is 12.1. The van der Waals surface area contributed by atoms with Crippen LogP contribution in [0.3, 0.4) is 0 Å². The monoisotopic (exact) mass is 331 g/mol. The SMILES string of the molecule is CCCCN(CC(F)(F)F)S(=O)(=O)c1cnc(Cl)nc1. The van der Waals surface area contributed by atoms with Gasteiger partial charge >= 0.3 is 6.18 Å². The number of nitrogens with zero attached hydrogens (tertiary/aromatic N) is 3. The molecule has 0 amide bonds. The Morgan fingerprint density at radius 2 is 1.85 bits per heavy atom. The molecule has 114 valence electrons. The van der Waals surface area contributed by atoms with Crippen molar-refractivity contribution in [2.45, 2.75) is 30.8 Å². The molecule has 1 rings (SSSR count). The molecular formula is C10H13ClF3N3O2S. The van der Waals surface area contributed by atoms with Gasteiger partial charge in [-0.25, -0.2) is 18.4 Å². The smallest absolute Gasteiger partial charge is 0.225 e. The first kappa shape index (κ1) is 17.1. The van der Waals surface area contributed by atoms with Gasteiger partial charge in [-0.1, -0.05) is 13.3 Å². The maximum absolute atomic E-state index is 12.5. The lowest BCUT2D eigenvalue weighted by atomic mass is 10.3. The number of aromatic nitrogens is 2. The Morgan fingerprint density at radius 1 is 1.30 bits per heavy atom. The number of sulfonamides is 1. The molecule has 0 fully saturated rings. The Bertz CT molecular complexity index is 534. The van der Waals surface area contributed by atoms with Crippen LogP contribution in [0.2, 0.25) is 5.28 Å².